The van der Waals surface area contributed by atoms with Crippen LogP contribution in [-0.2, 0) is 16.0 Å². The Kier molecular flexibility index (Phi) is 5.01. The summed E-state index contributed by atoms with van der Waals surface area (Å²) in [6.45, 7) is 0.260. The molecule has 0 aliphatic heterocycles. The van der Waals surface area contributed by atoms with Gasteiger partial charge in [0.2, 0.25) is 0 Å². The van der Waals surface area contributed by atoms with Crippen molar-refractivity contribution in [2.24, 2.45) is 0 Å². The van der Waals surface area contributed by atoms with Gasteiger partial charge in [-0.3, -0.25) is 5.43 Å². The maximum Gasteiger partial charge on any atom is 0.337 e. The number of aromatic nitrogens is 4. The zero-order chi connectivity index (χ0) is 19.4. The molecule has 0 aliphatic carbocycles. The number of furan rings is 1. The highest BCUT2D eigenvalue weighted by Gasteiger charge is 2.16. The molecule has 11 nitrogen and oxygen atoms in total. The minimum atomic E-state index is -0.579. The summed E-state index contributed by atoms with van der Waals surface area (Å²) < 4.78 is 15.2. The Labute approximate surface area is 153 Å². The molecule has 0 saturated heterocycles. The van der Waals surface area contributed by atoms with Gasteiger partial charge in [0.1, 0.15) is 11.5 Å². The number of hydrogen-bond donors (Lipinski definition) is 2. The fourth-order valence-corrected chi connectivity index (χ4v) is 2.33. The third kappa shape index (κ3) is 3.86. The van der Waals surface area contributed by atoms with Crippen molar-refractivity contribution in [3.8, 4) is 11.3 Å². The van der Waals surface area contributed by atoms with Crippen LogP contribution in [0.2, 0.25) is 0 Å². The molecule has 0 unspecified atom stereocenters. The maximum atomic E-state index is 11.9. The minimum Gasteiger partial charge on any atom is -0.465 e. The third-order valence-electron chi connectivity index (χ3n) is 3.62. The van der Waals surface area contributed by atoms with Crippen molar-refractivity contribution in [3.63, 3.8) is 0 Å². The van der Waals surface area contributed by atoms with Crippen molar-refractivity contribution < 1.29 is 23.5 Å². The Balaban J connectivity index is 1.87. The fraction of sp³-hybridized carbons (Fsp3) is 0.188. The summed E-state index contributed by atoms with van der Waals surface area (Å²) in [7, 11) is 2.52. The van der Waals surface area contributed by atoms with Gasteiger partial charge in [0.25, 0.3) is 5.95 Å². The molecule has 0 bridgehead atoms. The molecule has 0 saturated carbocycles. The van der Waals surface area contributed by atoms with Gasteiger partial charge < -0.3 is 19.6 Å². The highest BCUT2D eigenvalue weighted by molar-refractivity contribution is 5.97. The van der Waals surface area contributed by atoms with Gasteiger partial charge >= 0.3 is 11.9 Å². The Morgan fingerprint density at radius 1 is 1.15 bits per heavy atom. The average molecular weight is 372 g/mol. The van der Waals surface area contributed by atoms with Crippen molar-refractivity contribution in [1.82, 2.24) is 20.3 Å². The van der Waals surface area contributed by atoms with E-state index in [2.05, 4.69) is 21.0 Å². The van der Waals surface area contributed by atoms with E-state index in [0.717, 1.165) is 0 Å². The summed E-state index contributed by atoms with van der Waals surface area (Å²) in [4.78, 5) is 25.0. The summed E-state index contributed by atoms with van der Waals surface area (Å²) in [6.07, 6.45) is 0. The predicted octanol–water partition coefficient (Wildman–Crippen LogP) is 0.832. The Bertz CT molecular complexity index is 945. The van der Waals surface area contributed by atoms with Crippen molar-refractivity contribution in [3.05, 3.63) is 47.2 Å². The summed E-state index contributed by atoms with van der Waals surface area (Å²) in [6, 6.07) is 7.96. The number of ether oxygens (including phenoxy) is 2. The number of methoxy groups -OCH3 is 2. The Morgan fingerprint density at radius 3 is 2.37 bits per heavy atom. The lowest BCUT2D eigenvalue weighted by atomic mass is 10.0. The van der Waals surface area contributed by atoms with E-state index in [0.29, 0.717) is 17.1 Å². The van der Waals surface area contributed by atoms with Crippen LogP contribution in [0, 0.1) is 0 Å². The largest absolute Gasteiger partial charge is 0.465 e. The number of anilines is 1. The van der Waals surface area contributed by atoms with E-state index in [1.807, 2.05) is 0 Å². The number of hydrogen-bond acceptors (Lipinski definition) is 10. The molecule has 27 heavy (non-hydrogen) atoms. The number of nitrogens with one attached hydrogen (secondary N) is 1. The van der Waals surface area contributed by atoms with Crippen LogP contribution >= 0.6 is 0 Å². The molecule has 0 fully saturated rings. The number of benzene rings is 1. The van der Waals surface area contributed by atoms with Gasteiger partial charge in [-0.05, 0) is 40.8 Å². The van der Waals surface area contributed by atoms with Crippen molar-refractivity contribution >= 4 is 17.9 Å². The van der Waals surface area contributed by atoms with Gasteiger partial charge in [0, 0.05) is 5.56 Å². The lowest BCUT2D eigenvalue weighted by Gasteiger charge is -2.07. The maximum absolute atomic E-state index is 11.9. The van der Waals surface area contributed by atoms with Crippen LogP contribution in [0.3, 0.4) is 0 Å². The quantitative estimate of drug-likeness (QED) is 0.596. The van der Waals surface area contributed by atoms with Crippen LogP contribution < -0.4 is 11.2 Å². The zero-order valence-electron chi connectivity index (χ0n) is 14.5. The molecule has 0 atom stereocenters. The number of rotatable bonds is 6. The minimum absolute atomic E-state index is 0.107. The summed E-state index contributed by atoms with van der Waals surface area (Å²) >= 11 is 0. The molecule has 3 N–H and O–H groups in total. The lowest BCUT2D eigenvalue weighted by molar-refractivity contribution is 0.0599. The van der Waals surface area contributed by atoms with E-state index in [4.69, 9.17) is 19.6 Å². The number of nitrogen functional groups attached to an aromatic ring is 1. The van der Waals surface area contributed by atoms with E-state index in [-0.39, 0.29) is 23.6 Å². The van der Waals surface area contributed by atoms with E-state index in [9.17, 15) is 9.59 Å². The van der Waals surface area contributed by atoms with E-state index in [1.54, 1.807) is 24.3 Å². The molecule has 1 aromatic carbocycles. The Hall–Kier alpha value is -3.89. The SMILES string of the molecule is COC(=O)c1cc(C(=O)OC)cc(-c2ccc(CNn3nnnc3N)o2)c1. The molecule has 11 heteroatoms. The van der Waals surface area contributed by atoms with E-state index < -0.39 is 11.9 Å². The number of esters is 2. The van der Waals surface area contributed by atoms with Gasteiger partial charge in [-0.15, -0.1) is 4.79 Å². The van der Waals surface area contributed by atoms with Crippen LogP contribution in [0.1, 0.15) is 26.5 Å². The van der Waals surface area contributed by atoms with E-state index >= 15 is 0 Å². The first-order valence-electron chi connectivity index (χ1n) is 7.70. The molecule has 0 radical (unpaired) electrons. The van der Waals surface area contributed by atoms with Crippen molar-refractivity contribution in [2.75, 3.05) is 25.4 Å². The van der Waals surface area contributed by atoms with Crippen LogP contribution in [-0.4, -0.2) is 46.5 Å². The molecule has 2 aromatic heterocycles. The van der Waals surface area contributed by atoms with E-state index in [1.165, 1.54) is 25.1 Å². The standard InChI is InChI=1S/C16H16N6O5/c1-25-14(23)10-5-9(6-11(7-10)15(24)26-2)13-4-3-12(27-13)8-18-22-16(17)19-20-21-22/h3-7,18H,8H2,1-2H3,(H2,17,19,21). The van der Waals surface area contributed by atoms with Gasteiger partial charge in [0.05, 0.1) is 31.9 Å². The topological polar surface area (TPSA) is 147 Å². The highest BCUT2D eigenvalue weighted by Crippen LogP contribution is 2.26. The predicted molar refractivity (Wildman–Crippen MR) is 92.1 cm³/mol. The summed E-state index contributed by atoms with van der Waals surface area (Å²) in [5.74, 6) is -0.0418. The average Bonchev–Trinajstić information content (AvgIpc) is 3.33. The fourth-order valence-electron chi connectivity index (χ4n) is 2.33. The number of nitrogens with two attached hydrogens (primary N) is 1. The number of carbonyl (C=O) groups excluding carboxylic acids is 2. The van der Waals surface area contributed by atoms with Crippen molar-refractivity contribution in [1.29, 1.82) is 0 Å². The number of nitrogens with zero attached hydrogens (tertiary/aromatic N) is 4. The van der Waals surface area contributed by atoms with Crippen molar-refractivity contribution in [2.45, 2.75) is 6.54 Å². The molecule has 2 heterocycles. The summed E-state index contributed by atoms with van der Waals surface area (Å²) in [5, 5.41) is 10.6. The first-order valence-corrected chi connectivity index (χ1v) is 7.70. The molecule has 0 amide bonds. The van der Waals surface area contributed by atoms with Gasteiger partial charge in [-0.25, -0.2) is 9.59 Å². The van der Waals surface area contributed by atoms with Crippen LogP contribution in [0.15, 0.2) is 34.7 Å². The molecule has 140 valence electrons. The molecule has 3 rings (SSSR count). The first kappa shape index (κ1) is 17.9. The molecular formula is C16H16N6O5. The zero-order valence-corrected chi connectivity index (χ0v) is 14.5. The van der Waals surface area contributed by atoms with Crippen LogP contribution in [0.4, 0.5) is 5.95 Å². The lowest BCUT2D eigenvalue weighted by Crippen LogP contribution is -2.18. The second-order valence-corrected chi connectivity index (χ2v) is 5.33. The summed E-state index contributed by atoms with van der Waals surface area (Å²) in [5.41, 5.74) is 9.35. The smallest absolute Gasteiger partial charge is 0.337 e. The molecule has 0 aliphatic rings. The van der Waals surface area contributed by atoms with Gasteiger partial charge in [-0.1, -0.05) is 5.10 Å². The highest BCUT2D eigenvalue weighted by atomic mass is 16.5. The monoisotopic (exact) mass is 372 g/mol. The molecule has 0 spiro atoms. The van der Waals surface area contributed by atoms with Gasteiger partial charge in [-0.2, -0.15) is 0 Å². The molecule has 3 aromatic rings. The molecular weight excluding hydrogens is 356 g/mol. The first-order chi connectivity index (χ1) is 13.0. The van der Waals surface area contributed by atoms with Crippen LogP contribution in [0.25, 0.3) is 11.3 Å². The van der Waals surface area contributed by atoms with Gasteiger partial charge in [0.15, 0.2) is 0 Å². The number of carbonyl (C=O) groups is 2. The third-order valence-corrected chi connectivity index (χ3v) is 3.62. The number of tetrazole rings is 1. The second kappa shape index (κ2) is 7.56. The Morgan fingerprint density at radius 2 is 1.81 bits per heavy atom. The van der Waals surface area contributed by atoms with Crippen LogP contribution in [0.5, 0.6) is 0 Å². The normalized spacial score (nSPS) is 10.4. The second-order valence-electron chi connectivity index (χ2n) is 5.33.